The molecule has 1 aliphatic carbocycles. The molecule has 4 heteroatoms. The summed E-state index contributed by atoms with van der Waals surface area (Å²) < 4.78 is 4.93. The van der Waals surface area contributed by atoms with E-state index in [9.17, 15) is 4.79 Å². The number of methoxy groups -OCH3 is 1. The van der Waals surface area contributed by atoms with Gasteiger partial charge in [0.2, 0.25) is 5.91 Å². The molecule has 0 radical (unpaired) electrons. The number of amides is 1. The predicted octanol–water partition coefficient (Wildman–Crippen LogP) is 1.06. The normalized spacial score (nSPS) is 17.3. The van der Waals surface area contributed by atoms with E-state index >= 15 is 0 Å². The van der Waals surface area contributed by atoms with Crippen molar-refractivity contribution in [2.24, 2.45) is 0 Å². The summed E-state index contributed by atoms with van der Waals surface area (Å²) in [7, 11) is 1.69. The Morgan fingerprint density at radius 2 is 2.06 bits per heavy atom. The van der Waals surface area contributed by atoms with Gasteiger partial charge in [-0.15, -0.1) is 0 Å². The van der Waals surface area contributed by atoms with Gasteiger partial charge in [0.15, 0.2) is 0 Å². The fourth-order valence-electron chi connectivity index (χ4n) is 2.07. The molecule has 0 unspecified atom stereocenters. The Hall–Kier alpha value is -0.610. The fourth-order valence-corrected chi connectivity index (χ4v) is 2.07. The highest BCUT2D eigenvalue weighted by Gasteiger charge is 2.14. The Balaban J connectivity index is 1.97. The molecule has 0 aromatic rings. The van der Waals surface area contributed by atoms with Crippen LogP contribution < -0.4 is 10.6 Å². The topological polar surface area (TPSA) is 50.4 Å². The lowest BCUT2D eigenvalue weighted by molar-refractivity contribution is -0.121. The molecule has 4 nitrogen and oxygen atoms in total. The van der Waals surface area contributed by atoms with Gasteiger partial charge in [0.25, 0.3) is 0 Å². The number of rotatable bonds is 7. The quantitative estimate of drug-likeness (QED) is 0.641. The van der Waals surface area contributed by atoms with Crippen LogP contribution in [-0.4, -0.2) is 38.8 Å². The van der Waals surface area contributed by atoms with E-state index in [4.69, 9.17) is 4.74 Å². The highest BCUT2D eigenvalue weighted by Crippen LogP contribution is 2.16. The summed E-state index contributed by atoms with van der Waals surface area (Å²) in [6.07, 6.45) is 7.08. The van der Waals surface area contributed by atoms with Crippen molar-refractivity contribution in [2.75, 3.05) is 26.8 Å². The first kappa shape index (κ1) is 13.5. The van der Waals surface area contributed by atoms with Gasteiger partial charge in [0, 0.05) is 19.8 Å². The molecule has 0 aromatic heterocycles. The maximum atomic E-state index is 11.5. The van der Waals surface area contributed by atoms with Gasteiger partial charge in [-0.25, -0.2) is 0 Å². The van der Waals surface area contributed by atoms with Crippen molar-refractivity contribution in [2.45, 2.75) is 44.6 Å². The molecule has 1 amide bonds. The molecular weight excluding hydrogens is 204 g/mol. The molecule has 16 heavy (non-hydrogen) atoms. The molecule has 0 aliphatic heterocycles. The maximum Gasteiger partial charge on any atom is 0.234 e. The van der Waals surface area contributed by atoms with Crippen molar-refractivity contribution in [1.29, 1.82) is 0 Å². The molecule has 0 saturated heterocycles. The van der Waals surface area contributed by atoms with Crippen LogP contribution in [0.4, 0.5) is 0 Å². The second-order valence-corrected chi connectivity index (χ2v) is 4.43. The number of carbonyl (C=O) groups is 1. The molecule has 1 aliphatic rings. The average molecular weight is 228 g/mol. The van der Waals surface area contributed by atoms with Crippen molar-refractivity contribution in [3.05, 3.63) is 0 Å². The van der Waals surface area contributed by atoms with Crippen LogP contribution in [0.2, 0.25) is 0 Å². The van der Waals surface area contributed by atoms with Gasteiger partial charge in [-0.05, 0) is 25.8 Å². The standard InChI is InChI=1S/C12H24N2O2/c1-16-9-5-8-13-10-12(15)14-11-6-3-2-4-7-11/h11,13H,2-10H2,1H3,(H,14,15). The zero-order valence-electron chi connectivity index (χ0n) is 10.3. The molecular formula is C12H24N2O2. The highest BCUT2D eigenvalue weighted by atomic mass is 16.5. The van der Waals surface area contributed by atoms with Crippen LogP contribution in [0, 0.1) is 0 Å². The summed E-state index contributed by atoms with van der Waals surface area (Å²) in [5, 5.41) is 6.19. The van der Waals surface area contributed by atoms with Gasteiger partial charge in [0.1, 0.15) is 0 Å². The van der Waals surface area contributed by atoms with E-state index in [-0.39, 0.29) is 5.91 Å². The van der Waals surface area contributed by atoms with Crippen molar-refractivity contribution in [3.63, 3.8) is 0 Å². The zero-order valence-corrected chi connectivity index (χ0v) is 10.3. The largest absolute Gasteiger partial charge is 0.385 e. The molecule has 0 atom stereocenters. The molecule has 2 N–H and O–H groups in total. The lowest BCUT2D eigenvalue weighted by Crippen LogP contribution is -2.41. The summed E-state index contributed by atoms with van der Waals surface area (Å²) in [5.74, 6) is 0.129. The Labute approximate surface area is 98.1 Å². The molecule has 0 spiro atoms. The first-order chi connectivity index (χ1) is 7.83. The third-order valence-electron chi connectivity index (χ3n) is 2.96. The van der Waals surface area contributed by atoms with Crippen LogP contribution in [0.3, 0.4) is 0 Å². The minimum Gasteiger partial charge on any atom is -0.385 e. The average Bonchev–Trinajstić information content (AvgIpc) is 2.30. The van der Waals surface area contributed by atoms with Crippen molar-refractivity contribution < 1.29 is 9.53 Å². The van der Waals surface area contributed by atoms with E-state index in [2.05, 4.69) is 10.6 Å². The number of carbonyl (C=O) groups excluding carboxylic acids is 1. The SMILES string of the molecule is COCCCNCC(=O)NC1CCCCC1. The Morgan fingerprint density at radius 3 is 2.75 bits per heavy atom. The van der Waals surface area contributed by atoms with E-state index in [1.165, 1.54) is 19.3 Å². The van der Waals surface area contributed by atoms with Crippen LogP contribution in [0.25, 0.3) is 0 Å². The van der Waals surface area contributed by atoms with E-state index < -0.39 is 0 Å². The van der Waals surface area contributed by atoms with Gasteiger partial charge < -0.3 is 15.4 Å². The molecule has 1 saturated carbocycles. The van der Waals surface area contributed by atoms with Gasteiger partial charge in [-0.1, -0.05) is 19.3 Å². The zero-order chi connectivity index (χ0) is 11.6. The number of hydrogen-bond donors (Lipinski definition) is 2. The molecule has 1 fully saturated rings. The van der Waals surface area contributed by atoms with Crippen LogP contribution in [-0.2, 0) is 9.53 Å². The van der Waals surface area contributed by atoms with Crippen molar-refractivity contribution in [1.82, 2.24) is 10.6 Å². The third-order valence-corrected chi connectivity index (χ3v) is 2.96. The van der Waals surface area contributed by atoms with E-state index in [0.29, 0.717) is 12.6 Å². The van der Waals surface area contributed by atoms with Crippen molar-refractivity contribution in [3.8, 4) is 0 Å². The van der Waals surface area contributed by atoms with Crippen molar-refractivity contribution >= 4 is 5.91 Å². The first-order valence-corrected chi connectivity index (χ1v) is 6.32. The molecule has 0 aromatic carbocycles. The third kappa shape index (κ3) is 6.08. The van der Waals surface area contributed by atoms with E-state index in [1.54, 1.807) is 7.11 Å². The lowest BCUT2D eigenvalue weighted by atomic mass is 9.95. The molecule has 0 bridgehead atoms. The van der Waals surface area contributed by atoms with E-state index in [0.717, 1.165) is 32.4 Å². The maximum absolute atomic E-state index is 11.5. The Morgan fingerprint density at radius 1 is 1.31 bits per heavy atom. The highest BCUT2D eigenvalue weighted by molar-refractivity contribution is 5.78. The Bertz CT molecular complexity index is 191. The fraction of sp³-hybridized carbons (Fsp3) is 0.917. The van der Waals surface area contributed by atoms with Crippen LogP contribution in [0.15, 0.2) is 0 Å². The smallest absolute Gasteiger partial charge is 0.234 e. The van der Waals surface area contributed by atoms with E-state index in [1.807, 2.05) is 0 Å². The molecule has 94 valence electrons. The number of hydrogen-bond acceptors (Lipinski definition) is 3. The summed E-state index contributed by atoms with van der Waals surface area (Å²) in [4.78, 5) is 11.5. The second kappa shape index (κ2) is 8.53. The predicted molar refractivity (Wildman–Crippen MR) is 64.4 cm³/mol. The second-order valence-electron chi connectivity index (χ2n) is 4.43. The molecule has 0 heterocycles. The van der Waals surface area contributed by atoms with Gasteiger partial charge >= 0.3 is 0 Å². The summed E-state index contributed by atoms with van der Waals surface area (Å²) in [6, 6.07) is 0.419. The van der Waals surface area contributed by atoms with Crippen LogP contribution in [0.1, 0.15) is 38.5 Å². The monoisotopic (exact) mass is 228 g/mol. The van der Waals surface area contributed by atoms with Gasteiger partial charge in [-0.3, -0.25) is 4.79 Å². The number of nitrogens with one attached hydrogen (secondary N) is 2. The Kier molecular flexibility index (Phi) is 7.17. The van der Waals surface area contributed by atoms with Gasteiger partial charge in [0.05, 0.1) is 6.54 Å². The number of ether oxygens (including phenoxy) is 1. The minimum absolute atomic E-state index is 0.129. The van der Waals surface area contributed by atoms with Crippen LogP contribution >= 0.6 is 0 Å². The first-order valence-electron chi connectivity index (χ1n) is 6.32. The van der Waals surface area contributed by atoms with Gasteiger partial charge in [-0.2, -0.15) is 0 Å². The lowest BCUT2D eigenvalue weighted by Gasteiger charge is -2.22. The molecule has 1 rings (SSSR count). The summed E-state index contributed by atoms with van der Waals surface area (Å²) in [6.45, 7) is 2.02. The summed E-state index contributed by atoms with van der Waals surface area (Å²) >= 11 is 0. The van der Waals surface area contributed by atoms with Crippen LogP contribution in [0.5, 0.6) is 0 Å². The summed E-state index contributed by atoms with van der Waals surface area (Å²) in [5.41, 5.74) is 0. The minimum atomic E-state index is 0.129.